The molecule has 27 heavy (non-hydrogen) atoms. The van der Waals surface area contributed by atoms with E-state index in [0.717, 1.165) is 5.82 Å². The van der Waals surface area contributed by atoms with E-state index < -0.39 is 11.8 Å². The molecule has 2 amide bonds. The van der Waals surface area contributed by atoms with E-state index in [-0.39, 0.29) is 23.0 Å². The molecular weight excluding hydrogens is 350 g/mol. The number of aromatic nitrogens is 4. The number of hydrogen-bond donors (Lipinski definition) is 2. The Kier molecular flexibility index (Phi) is 4.88. The third kappa shape index (κ3) is 3.78. The molecule has 0 saturated carbocycles. The van der Waals surface area contributed by atoms with Crippen LogP contribution in [0.3, 0.4) is 0 Å². The first-order valence-electron chi connectivity index (χ1n) is 8.17. The Morgan fingerprint density at radius 1 is 1.37 bits per heavy atom. The van der Waals surface area contributed by atoms with Crippen molar-refractivity contribution in [3.63, 3.8) is 0 Å². The second-order valence-corrected chi connectivity index (χ2v) is 5.90. The predicted molar refractivity (Wildman–Crippen MR) is 98.4 cm³/mol. The molecule has 0 aliphatic rings. The standard InChI is InChI=1S/C17H19N7O3/c1-4-24-8-11(14(22-24)15(18)25)20-16(26)12-9-27-17(21-12)10-5-6-19-13(7-10)23(2)3/h5-9H,4H2,1-3H3,(H2,18,25)(H,20,26). The van der Waals surface area contributed by atoms with Crippen LogP contribution in [0.2, 0.25) is 0 Å². The number of hydrogen-bond acceptors (Lipinski definition) is 7. The zero-order valence-corrected chi connectivity index (χ0v) is 15.1. The summed E-state index contributed by atoms with van der Waals surface area (Å²) in [5.41, 5.74) is 6.26. The number of carbonyl (C=O) groups excluding carboxylic acids is 2. The summed E-state index contributed by atoms with van der Waals surface area (Å²) < 4.78 is 6.92. The minimum atomic E-state index is -0.730. The van der Waals surface area contributed by atoms with E-state index in [4.69, 9.17) is 10.2 Å². The summed E-state index contributed by atoms with van der Waals surface area (Å²) >= 11 is 0. The monoisotopic (exact) mass is 369 g/mol. The summed E-state index contributed by atoms with van der Waals surface area (Å²) in [5.74, 6) is -0.254. The van der Waals surface area contributed by atoms with E-state index in [2.05, 4.69) is 20.4 Å². The molecule has 0 radical (unpaired) electrons. The minimum absolute atomic E-state index is 0.0151. The number of primary amides is 1. The Hall–Kier alpha value is -3.69. The zero-order valence-electron chi connectivity index (χ0n) is 15.1. The maximum Gasteiger partial charge on any atom is 0.277 e. The van der Waals surface area contributed by atoms with Gasteiger partial charge in [-0.15, -0.1) is 0 Å². The first kappa shape index (κ1) is 18.1. The third-order valence-corrected chi connectivity index (χ3v) is 3.75. The fourth-order valence-corrected chi connectivity index (χ4v) is 2.35. The van der Waals surface area contributed by atoms with Gasteiger partial charge in [-0.3, -0.25) is 14.3 Å². The van der Waals surface area contributed by atoms with Crippen LogP contribution < -0.4 is 16.0 Å². The van der Waals surface area contributed by atoms with Crippen molar-refractivity contribution in [3.05, 3.63) is 42.2 Å². The Bertz CT molecular complexity index is 990. The lowest BCUT2D eigenvalue weighted by molar-refractivity contribution is 0.0995. The normalized spacial score (nSPS) is 10.6. The average molecular weight is 369 g/mol. The van der Waals surface area contributed by atoms with E-state index in [1.54, 1.807) is 18.3 Å². The maximum absolute atomic E-state index is 12.5. The Morgan fingerprint density at radius 3 is 2.81 bits per heavy atom. The van der Waals surface area contributed by atoms with Crippen LogP contribution in [-0.4, -0.2) is 45.7 Å². The number of anilines is 2. The maximum atomic E-state index is 12.5. The van der Waals surface area contributed by atoms with Crippen LogP contribution in [0.4, 0.5) is 11.5 Å². The van der Waals surface area contributed by atoms with Crippen molar-refractivity contribution in [2.24, 2.45) is 5.73 Å². The van der Waals surface area contributed by atoms with Crippen molar-refractivity contribution in [1.82, 2.24) is 19.7 Å². The van der Waals surface area contributed by atoms with Crippen molar-refractivity contribution in [2.75, 3.05) is 24.3 Å². The van der Waals surface area contributed by atoms with Gasteiger partial charge in [0.1, 0.15) is 12.1 Å². The molecule has 0 aliphatic carbocycles. The molecule has 0 bridgehead atoms. The van der Waals surface area contributed by atoms with Gasteiger partial charge in [0.25, 0.3) is 11.8 Å². The highest BCUT2D eigenvalue weighted by Crippen LogP contribution is 2.22. The van der Waals surface area contributed by atoms with Crippen LogP contribution in [0.15, 0.2) is 35.2 Å². The van der Waals surface area contributed by atoms with Crippen molar-refractivity contribution in [3.8, 4) is 11.5 Å². The van der Waals surface area contributed by atoms with Crippen molar-refractivity contribution in [2.45, 2.75) is 13.5 Å². The SMILES string of the molecule is CCn1cc(NC(=O)c2coc(-c3ccnc(N(C)C)c3)n2)c(C(N)=O)n1. The lowest BCUT2D eigenvalue weighted by Gasteiger charge is -2.10. The number of nitrogens with zero attached hydrogens (tertiary/aromatic N) is 5. The van der Waals surface area contributed by atoms with Gasteiger partial charge in [0.15, 0.2) is 11.4 Å². The fraction of sp³-hybridized carbons (Fsp3) is 0.235. The van der Waals surface area contributed by atoms with Crippen LogP contribution in [0.5, 0.6) is 0 Å². The number of oxazole rings is 1. The highest BCUT2D eigenvalue weighted by molar-refractivity contribution is 6.07. The molecule has 3 rings (SSSR count). The van der Waals surface area contributed by atoms with E-state index in [1.807, 2.05) is 25.9 Å². The van der Waals surface area contributed by atoms with Gasteiger partial charge in [0, 0.05) is 38.6 Å². The summed E-state index contributed by atoms with van der Waals surface area (Å²) in [6.07, 6.45) is 4.41. The van der Waals surface area contributed by atoms with Gasteiger partial charge < -0.3 is 20.4 Å². The number of carbonyl (C=O) groups is 2. The van der Waals surface area contributed by atoms with Crippen molar-refractivity contribution in [1.29, 1.82) is 0 Å². The zero-order chi connectivity index (χ0) is 19.6. The molecule has 0 atom stereocenters. The first-order valence-corrected chi connectivity index (χ1v) is 8.17. The van der Waals surface area contributed by atoms with Gasteiger partial charge in [-0.05, 0) is 19.1 Å². The highest BCUT2D eigenvalue weighted by Gasteiger charge is 2.19. The summed E-state index contributed by atoms with van der Waals surface area (Å²) in [5, 5.41) is 6.62. The molecule has 0 saturated heterocycles. The Balaban J connectivity index is 1.83. The summed E-state index contributed by atoms with van der Waals surface area (Å²) in [4.78, 5) is 34.2. The van der Waals surface area contributed by atoms with E-state index in [1.165, 1.54) is 17.1 Å². The molecule has 10 heteroatoms. The molecule has 0 spiro atoms. The van der Waals surface area contributed by atoms with Crippen LogP contribution >= 0.6 is 0 Å². The van der Waals surface area contributed by atoms with Gasteiger partial charge >= 0.3 is 0 Å². The van der Waals surface area contributed by atoms with Gasteiger partial charge in [-0.25, -0.2) is 9.97 Å². The summed E-state index contributed by atoms with van der Waals surface area (Å²) in [6, 6.07) is 3.53. The number of pyridine rings is 1. The Labute approximate surface area is 155 Å². The van der Waals surface area contributed by atoms with Gasteiger partial charge in [0.2, 0.25) is 5.89 Å². The molecule has 0 fully saturated rings. The molecule has 0 aromatic carbocycles. The largest absolute Gasteiger partial charge is 0.444 e. The smallest absolute Gasteiger partial charge is 0.277 e. The van der Waals surface area contributed by atoms with Crippen LogP contribution in [-0.2, 0) is 6.54 Å². The summed E-state index contributed by atoms with van der Waals surface area (Å²) in [6.45, 7) is 2.38. The van der Waals surface area contributed by atoms with E-state index in [9.17, 15) is 9.59 Å². The molecule has 140 valence electrons. The molecule has 0 aliphatic heterocycles. The number of amides is 2. The fourth-order valence-electron chi connectivity index (χ4n) is 2.35. The number of rotatable bonds is 6. The van der Waals surface area contributed by atoms with Gasteiger partial charge in [0.05, 0.1) is 5.69 Å². The second kappa shape index (κ2) is 7.28. The molecular formula is C17H19N7O3. The van der Waals surface area contributed by atoms with Crippen molar-refractivity contribution < 1.29 is 14.0 Å². The van der Waals surface area contributed by atoms with E-state index >= 15 is 0 Å². The second-order valence-electron chi connectivity index (χ2n) is 5.90. The highest BCUT2D eigenvalue weighted by atomic mass is 16.3. The first-order chi connectivity index (χ1) is 12.9. The average Bonchev–Trinajstić information content (AvgIpc) is 3.29. The molecule has 3 N–H and O–H groups in total. The molecule has 3 aromatic rings. The van der Waals surface area contributed by atoms with Gasteiger partial charge in [-0.2, -0.15) is 5.10 Å². The quantitative estimate of drug-likeness (QED) is 0.670. The van der Waals surface area contributed by atoms with Crippen molar-refractivity contribution >= 4 is 23.3 Å². The van der Waals surface area contributed by atoms with Gasteiger partial charge in [-0.1, -0.05) is 0 Å². The minimum Gasteiger partial charge on any atom is -0.444 e. The number of nitrogens with one attached hydrogen (secondary N) is 1. The van der Waals surface area contributed by atoms with Crippen LogP contribution in [0.25, 0.3) is 11.5 Å². The number of nitrogens with two attached hydrogens (primary N) is 1. The molecule has 3 aromatic heterocycles. The lowest BCUT2D eigenvalue weighted by Crippen LogP contribution is -2.18. The number of aryl methyl sites for hydroxylation is 1. The van der Waals surface area contributed by atoms with Crippen LogP contribution in [0.1, 0.15) is 27.9 Å². The third-order valence-electron chi connectivity index (χ3n) is 3.75. The Morgan fingerprint density at radius 2 is 2.15 bits per heavy atom. The molecule has 3 heterocycles. The summed E-state index contributed by atoms with van der Waals surface area (Å²) in [7, 11) is 3.74. The van der Waals surface area contributed by atoms with Crippen LogP contribution in [0, 0.1) is 0 Å². The molecule has 0 unspecified atom stereocenters. The molecule has 10 nitrogen and oxygen atoms in total. The predicted octanol–water partition coefficient (Wildman–Crippen LogP) is 1.37. The van der Waals surface area contributed by atoms with E-state index in [0.29, 0.717) is 12.1 Å². The topological polar surface area (TPSA) is 132 Å². The lowest BCUT2D eigenvalue weighted by atomic mass is 10.2.